The van der Waals surface area contributed by atoms with Crippen LogP contribution in [0, 0.1) is 23.1 Å². The molecule has 0 aliphatic carbocycles. The van der Waals surface area contributed by atoms with Gasteiger partial charge in [-0.1, -0.05) is 23.7 Å². The Balaban J connectivity index is 1.29. The van der Waals surface area contributed by atoms with Gasteiger partial charge in [0.25, 0.3) is 0 Å². The topological polar surface area (TPSA) is 89.8 Å². The van der Waals surface area contributed by atoms with Gasteiger partial charge >= 0.3 is 6.09 Å². The maximum Gasteiger partial charge on any atom is 0.415 e. The van der Waals surface area contributed by atoms with Crippen molar-refractivity contribution in [2.75, 3.05) is 38.1 Å². The summed E-state index contributed by atoms with van der Waals surface area (Å²) in [7, 11) is 1.66. The molecule has 206 valence electrons. The number of halogens is 2. The summed E-state index contributed by atoms with van der Waals surface area (Å²) < 4.78 is 18.8. The van der Waals surface area contributed by atoms with Crippen LogP contribution in [0.3, 0.4) is 0 Å². The lowest BCUT2D eigenvalue weighted by Crippen LogP contribution is -2.45. The summed E-state index contributed by atoms with van der Waals surface area (Å²) >= 11 is 6.12. The van der Waals surface area contributed by atoms with Crippen molar-refractivity contribution in [1.29, 1.82) is 5.26 Å². The highest BCUT2D eigenvalue weighted by atomic mass is 35.5. The van der Waals surface area contributed by atoms with Crippen LogP contribution in [0.2, 0.25) is 5.02 Å². The van der Waals surface area contributed by atoms with Crippen molar-refractivity contribution in [3.05, 3.63) is 88.8 Å². The minimum Gasteiger partial charge on any atom is -0.410 e. The number of pyridine rings is 1. The summed E-state index contributed by atoms with van der Waals surface area (Å²) in [5.74, 6) is 0.234. The van der Waals surface area contributed by atoms with Crippen LogP contribution < -0.4 is 9.64 Å². The van der Waals surface area contributed by atoms with E-state index in [4.69, 9.17) is 16.3 Å². The first kappa shape index (κ1) is 27.4. The molecule has 0 spiro atoms. The zero-order valence-electron chi connectivity index (χ0n) is 22.0. The Labute approximate surface area is 237 Å². The summed E-state index contributed by atoms with van der Waals surface area (Å²) in [5, 5.41) is 10.0. The minimum atomic E-state index is -0.582. The molecule has 0 radical (unpaired) electrons. The lowest BCUT2D eigenvalue weighted by molar-refractivity contribution is -0.135. The second-order valence-electron chi connectivity index (χ2n) is 10.1. The van der Waals surface area contributed by atoms with Gasteiger partial charge in [-0.3, -0.25) is 4.79 Å². The number of anilines is 1. The molecular weight excluding hydrogens is 533 g/mol. The molecule has 0 bridgehead atoms. The lowest BCUT2D eigenvalue weighted by Gasteiger charge is -2.34. The van der Waals surface area contributed by atoms with Gasteiger partial charge in [0.1, 0.15) is 23.5 Å². The van der Waals surface area contributed by atoms with E-state index in [2.05, 4.69) is 16.0 Å². The molecule has 2 aliphatic heterocycles. The summed E-state index contributed by atoms with van der Waals surface area (Å²) in [6, 6.07) is 18.1. The van der Waals surface area contributed by atoms with Gasteiger partial charge < -0.3 is 19.4 Å². The molecule has 1 aromatic heterocycles. The maximum atomic E-state index is 13.7. The van der Waals surface area contributed by atoms with Gasteiger partial charge in [-0.15, -0.1) is 0 Å². The van der Waals surface area contributed by atoms with E-state index >= 15 is 0 Å². The molecule has 2 saturated heterocycles. The fraction of sp³-hybridized carbons (Fsp3) is 0.333. The van der Waals surface area contributed by atoms with Crippen LogP contribution in [-0.4, -0.2) is 66.1 Å². The quantitative estimate of drug-likeness (QED) is 0.431. The fourth-order valence-corrected chi connectivity index (χ4v) is 5.67. The van der Waals surface area contributed by atoms with Crippen LogP contribution in [-0.2, 0) is 4.79 Å². The zero-order chi connectivity index (χ0) is 28.2. The number of nitriles is 1. The number of hydrogen-bond donors (Lipinski definition) is 0. The number of nitrogens with zero attached hydrogens (tertiary/aromatic N) is 5. The third-order valence-corrected chi connectivity index (χ3v) is 8.01. The standard InChI is InChI=1S/C30H29ClFN5O3/c1-35(30(39)40-25-10-8-24(32)9-11-25)27-19-37(18-26(27)20-4-6-23(31)7-5-20)29(38)21-12-15-36(16-13-21)28-22(17-33)3-2-14-34-28/h2-11,14,21,26-27H,12-13,15-16,18-19H2,1H3. The predicted octanol–water partition coefficient (Wildman–Crippen LogP) is 5.09. The molecule has 8 nitrogen and oxygen atoms in total. The Morgan fingerprint density at radius 1 is 1.07 bits per heavy atom. The van der Waals surface area contributed by atoms with E-state index in [9.17, 15) is 19.2 Å². The average molecular weight is 562 g/mol. The van der Waals surface area contributed by atoms with E-state index in [1.165, 1.54) is 29.2 Å². The van der Waals surface area contributed by atoms with E-state index in [1.807, 2.05) is 17.0 Å². The maximum absolute atomic E-state index is 13.7. The van der Waals surface area contributed by atoms with Crippen molar-refractivity contribution in [2.24, 2.45) is 5.92 Å². The molecule has 10 heteroatoms. The van der Waals surface area contributed by atoms with Gasteiger partial charge in [0.2, 0.25) is 5.91 Å². The summed E-state index contributed by atoms with van der Waals surface area (Å²) in [5.41, 5.74) is 1.50. The Morgan fingerprint density at radius 2 is 1.77 bits per heavy atom. The first-order chi connectivity index (χ1) is 19.3. The van der Waals surface area contributed by atoms with E-state index in [0.717, 1.165) is 5.56 Å². The summed E-state index contributed by atoms with van der Waals surface area (Å²) in [4.78, 5) is 36.6. The second kappa shape index (κ2) is 11.9. The van der Waals surface area contributed by atoms with Gasteiger partial charge in [-0.05, 0) is 66.9 Å². The van der Waals surface area contributed by atoms with Crippen LogP contribution in [0.25, 0.3) is 0 Å². The number of rotatable bonds is 5. The fourth-order valence-electron chi connectivity index (χ4n) is 5.54. The van der Waals surface area contributed by atoms with Crippen molar-refractivity contribution in [3.8, 4) is 11.8 Å². The third-order valence-electron chi connectivity index (χ3n) is 7.75. The van der Waals surface area contributed by atoms with E-state index in [1.54, 1.807) is 37.5 Å². The van der Waals surface area contributed by atoms with Crippen LogP contribution in [0.15, 0.2) is 66.9 Å². The molecule has 2 fully saturated rings. The highest BCUT2D eigenvalue weighted by molar-refractivity contribution is 6.30. The highest BCUT2D eigenvalue weighted by Gasteiger charge is 2.42. The Kier molecular flexibility index (Phi) is 8.17. The summed E-state index contributed by atoms with van der Waals surface area (Å²) in [6.07, 6.45) is 2.39. The average Bonchev–Trinajstić information content (AvgIpc) is 3.43. The predicted molar refractivity (Wildman–Crippen MR) is 149 cm³/mol. The molecule has 2 aliphatic rings. The number of carbonyl (C=O) groups is 2. The Hall–Kier alpha value is -4.16. The number of benzene rings is 2. The molecule has 5 rings (SSSR count). The van der Waals surface area contributed by atoms with Crippen molar-refractivity contribution >= 4 is 29.4 Å². The summed E-state index contributed by atoms with van der Waals surface area (Å²) in [6.45, 7) is 2.08. The Bertz CT molecular complexity index is 1400. The Morgan fingerprint density at radius 3 is 2.45 bits per heavy atom. The van der Waals surface area contributed by atoms with Gasteiger partial charge in [0, 0.05) is 56.3 Å². The molecule has 0 saturated carbocycles. The number of amides is 2. The van der Waals surface area contributed by atoms with Crippen molar-refractivity contribution in [1.82, 2.24) is 14.8 Å². The normalized spacial score (nSPS) is 19.2. The first-order valence-electron chi connectivity index (χ1n) is 13.2. The third kappa shape index (κ3) is 5.87. The number of carbonyl (C=O) groups excluding carboxylic acids is 2. The molecule has 3 heterocycles. The van der Waals surface area contributed by atoms with Crippen LogP contribution in [0.4, 0.5) is 15.0 Å². The van der Waals surface area contributed by atoms with Crippen LogP contribution >= 0.6 is 11.6 Å². The van der Waals surface area contributed by atoms with E-state index < -0.39 is 11.9 Å². The first-order valence-corrected chi connectivity index (χ1v) is 13.6. The molecule has 40 heavy (non-hydrogen) atoms. The molecule has 2 aromatic carbocycles. The number of aromatic nitrogens is 1. The van der Waals surface area contributed by atoms with Crippen LogP contribution in [0.1, 0.15) is 29.9 Å². The monoisotopic (exact) mass is 561 g/mol. The van der Waals surface area contributed by atoms with Crippen molar-refractivity contribution in [2.45, 2.75) is 24.8 Å². The van der Waals surface area contributed by atoms with Gasteiger partial charge in [-0.25, -0.2) is 14.2 Å². The number of likely N-dealkylation sites (N-methyl/N-ethyl adjacent to an activating group) is 1. The van der Waals surface area contributed by atoms with E-state index in [0.29, 0.717) is 55.4 Å². The molecule has 2 amide bonds. The molecule has 0 N–H and O–H groups in total. The molecule has 3 aromatic rings. The lowest BCUT2D eigenvalue weighted by atomic mass is 9.93. The van der Waals surface area contributed by atoms with E-state index in [-0.39, 0.29) is 29.5 Å². The molecular formula is C30H29ClFN5O3. The molecule has 2 unspecified atom stereocenters. The van der Waals surface area contributed by atoms with Crippen molar-refractivity contribution < 1.29 is 18.7 Å². The van der Waals surface area contributed by atoms with Crippen LogP contribution in [0.5, 0.6) is 5.75 Å². The van der Waals surface area contributed by atoms with Gasteiger partial charge in [-0.2, -0.15) is 5.26 Å². The SMILES string of the molecule is CN(C(=O)Oc1ccc(F)cc1)C1CN(C(=O)C2CCN(c3ncccc3C#N)CC2)CC1c1ccc(Cl)cc1. The smallest absolute Gasteiger partial charge is 0.410 e. The number of piperidine rings is 1. The minimum absolute atomic E-state index is 0.0583. The molecule has 2 atom stereocenters. The largest absolute Gasteiger partial charge is 0.415 e. The van der Waals surface area contributed by atoms with Gasteiger partial charge in [0.05, 0.1) is 11.6 Å². The second-order valence-corrected chi connectivity index (χ2v) is 10.6. The number of ether oxygens (including phenoxy) is 1. The highest BCUT2D eigenvalue weighted by Crippen LogP contribution is 2.34. The number of hydrogen-bond acceptors (Lipinski definition) is 6. The van der Waals surface area contributed by atoms with Crippen molar-refractivity contribution in [3.63, 3.8) is 0 Å². The van der Waals surface area contributed by atoms with Gasteiger partial charge in [0.15, 0.2) is 0 Å². The number of likely N-dealkylation sites (tertiary alicyclic amines) is 1. The zero-order valence-corrected chi connectivity index (χ0v) is 22.8.